The van der Waals surface area contributed by atoms with E-state index in [9.17, 15) is 14.7 Å². The molecule has 106 valence electrons. The van der Waals surface area contributed by atoms with Gasteiger partial charge in [-0.25, -0.2) is 4.79 Å². The van der Waals surface area contributed by atoms with Crippen molar-refractivity contribution < 1.29 is 9.90 Å². The van der Waals surface area contributed by atoms with E-state index < -0.39 is 5.97 Å². The van der Waals surface area contributed by atoms with E-state index in [1.807, 2.05) is 24.3 Å². The second kappa shape index (κ2) is 5.18. The highest BCUT2D eigenvalue weighted by Gasteiger charge is 2.18. The summed E-state index contributed by atoms with van der Waals surface area (Å²) in [5.74, 6) is -0.952. The van der Waals surface area contributed by atoms with Crippen LogP contribution < -0.4 is 5.56 Å². The first-order chi connectivity index (χ1) is 10.1. The lowest BCUT2D eigenvalue weighted by atomic mass is 10.1. The molecular weight excluding hydrogens is 286 g/mol. The monoisotopic (exact) mass is 299 g/mol. The molecule has 0 saturated carbocycles. The summed E-state index contributed by atoms with van der Waals surface area (Å²) >= 11 is 1.25. The van der Waals surface area contributed by atoms with Crippen LogP contribution in [0.25, 0.3) is 10.1 Å². The fourth-order valence-corrected chi connectivity index (χ4v) is 3.43. The number of pyridine rings is 1. The molecule has 0 amide bonds. The van der Waals surface area contributed by atoms with Crippen LogP contribution in [-0.2, 0) is 6.54 Å². The number of aromatic nitrogens is 1. The molecular formula is C16H13NO3S. The second-order valence-corrected chi connectivity index (χ2v) is 5.89. The average Bonchev–Trinajstić information content (AvgIpc) is 2.83. The summed E-state index contributed by atoms with van der Waals surface area (Å²) in [6.45, 7) is 2.02. The predicted molar refractivity (Wildman–Crippen MR) is 83.3 cm³/mol. The summed E-state index contributed by atoms with van der Waals surface area (Å²) in [5, 5.41) is 10.3. The molecule has 3 aromatic rings. The fraction of sp³-hybridized carbons (Fsp3) is 0.125. The zero-order valence-electron chi connectivity index (χ0n) is 11.4. The molecule has 1 aromatic carbocycles. The zero-order valence-corrected chi connectivity index (χ0v) is 12.2. The normalized spacial score (nSPS) is 10.9. The van der Waals surface area contributed by atoms with Gasteiger partial charge in [0.05, 0.1) is 6.54 Å². The molecule has 0 unspecified atom stereocenters. The van der Waals surface area contributed by atoms with Crippen LogP contribution in [0.3, 0.4) is 0 Å². The Hall–Kier alpha value is -2.40. The molecule has 4 nitrogen and oxygen atoms in total. The third-order valence-electron chi connectivity index (χ3n) is 3.43. The third kappa shape index (κ3) is 2.36. The van der Waals surface area contributed by atoms with Crippen LogP contribution in [0.2, 0.25) is 0 Å². The van der Waals surface area contributed by atoms with Crippen LogP contribution >= 0.6 is 11.3 Å². The highest BCUT2D eigenvalue weighted by Crippen LogP contribution is 2.31. The molecule has 21 heavy (non-hydrogen) atoms. The van der Waals surface area contributed by atoms with Crippen molar-refractivity contribution in [1.29, 1.82) is 0 Å². The fourth-order valence-electron chi connectivity index (χ4n) is 2.38. The first-order valence-electron chi connectivity index (χ1n) is 6.47. The van der Waals surface area contributed by atoms with Crippen LogP contribution in [0.5, 0.6) is 0 Å². The highest BCUT2D eigenvalue weighted by atomic mass is 32.1. The van der Waals surface area contributed by atoms with Crippen molar-refractivity contribution in [1.82, 2.24) is 4.57 Å². The highest BCUT2D eigenvalue weighted by molar-refractivity contribution is 7.21. The van der Waals surface area contributed by atoms with Crippen molar-refractivity contribution in [3.63, 3.8) is 0 Å². The standard InChI is InChI=1S/C16H13NO3S/c1-10-5-4-8-17(15(10)18)9-12-11-6-2-3-7-13(11)21-14(12)16(19)20/h2-8H,9H2,1H3,(H,19,20). The van der Waals surface area contributed by atoms with Crippen LogP contribution in [-0.4, -0.2) is 15.6 Å². The maximum atomic E-state index is 12.1. The van der Waals surface area contributed by atoms with Crippen LogP contribution in [0, 0.1) is 6.92 Å². The molecule has 0 fully saturated rings. The number of aryl methyl sites for hydroxylation is 1. The zero-order chi connectivity index (χ0) is 15.0. The van der Waals surface area contributed by atoms with Gasteiger partial charge < -0.3 is 9.67 Å². The average molecular weight is 299 g/mol. The van der Waals surface area contributed by atoms with Gasteiger partial charge in [-0.3, -0.25) is 4.79 Å². The number of benzene rings is 1. The molecule has 0 bridgehead atoms. The van der Waals surface area contributed by atoms with E-state index in [1.165, 1.54) is 11.3 Å². The van der Waals surface area contributed by atoms with Gasteiger partial charge in [-0.15, -0.1) is 11.3 Å². The lowest BCUT2D eigenvalue weighted by Crippen LogP contribution is -2.22. The van der Waals surface area contributed by atoms with Gasteiger partial charge in [0.15, 0.2) is 0 Å². The van der Waals surface area contributed by atoms with Gasteiger partial charge in [0.2, 0.25) is 0 Å². The molecule has 0 spiro atoms. The maximum Gasteiger partial charge on any atom is 0.346 e. The quantitative estimate of drug-likeness (QED) is 0.808. The number of nitrogens with zero attached hydrogens (tertiary/aromatic N) is 1. The van der Waals surface area contributed by atoms with Crippen LogP contribution in [0.15, 0.2) is 47.4 Å². The smallest absolute Gasteiger partial charge is 0.346 e. The molecule has 3 rings (SSSR count). The summed E-state index contributed by atoms with van der Waals surface area (Å²) < 4.78 is 2.47. The van der Waals surface area contributed by atoms with Gasteiger partial charge in [-0.2, -0.15) is 0 Å². The lowest BCUT2D eigenvalue weighted by Gasteiger charge is -2.07. The van der Waals surface area contributed by atoms with Crippen LogP contribution in [0.1, 0.15) is 20.8 Å². The molecule has 0 atom stereocenters. The Kier molecular flexibility index (Phi) is 3.35. The van der Waals surface area contributed by atoms with E-state index in [4.69, 9.17) is 0 Å². The summed E-state index contributed by atoms with van der Waals surface area (Å²) in [6.07, 6.45) is 1.69. The third-order valence-corrected chi connectivity index (χ3v) is 4.63. The lowest BCUT2D eigenvalue weighted by molar-refractivity contribution is 0.0701. The molecule has 0 aliphatic carbocycles. The number of carbonyl (C=O) groups is 1. The van der Waals surface area contributed by atoms with Gasteiger partial charge >= 0.3 is 5.97 Å². The Morgan fingerprint density at radius 3 is 2.76 bits per heavy atom. The van der Waals surface area contributed by atoms with Crippen molar-refractivity contribution in [2.75, 3.05) is 0 Å². The molecule has 2 aromatic heterocycles. The van der Waals surface area contributed by atoms with Gasteiger partial charge in [-0.05, 0) is 24.4 Å². The van der Waals surface area contributed by atoms with E-state index in [2.05, 4.69) is 0 Å². The minimum Gasteiger partial charge on any atom is -0.477 e. The number of hydrogen-bond acceptors (Lipinski definition) is 3. The van der Waals surface area contributed by atoms with Gasteiger partial charge in [0, 0.05) is 22.0 Å². The van der Waals surface area contributed by atoms with E-state index in [-0.39, 0.29) is 12.1 Å². The Balaban J connectivity index is 2.19. The topological polar surface area (TPSA) is 59.3 Å². The minimum atomic E-state index is -0.952. The van der Waals surface area contributed by atoms with Crippen molar-refractivity contribution >= 4 is 27.4 Å². The first kappa shape index (κ1) is 13.6. The van der Waals surface area contributed by atoms with E-state index in [1.54, 1.807) is 29.8 Å². The molecule has 0 aliphatic heterocycles. The van der Waals surface area contributed by atoms with Crippen molar-refractivity contribution in [2.24, 2.45) is 0 Å². The van der Waals surface area contributed by atoms with E-state index >= 15 is 0 Å². The number of thiophene rings is 1. The molecule has 1 N–H and O–H groups in total. The van der Waals surface area contributed by atoms with Crippen molar-refractivity contribution in [2.45, 2.75) is 13.5 Å². The predicted octanol–water partition coefficient (Wildman–Crippen LogP) is 3.12. The summed E-state index contributed by atoms with van der Waals surface area (Å²) in [6, 6.07) is 11.1. The minimum absolute atomic E-state index is 0.0934. The Morgan fingerprint density at radius 1 is 1.24 bits per heavy atom. The molecule has 0 radical (unpaired) electrons. The number of fused-ring (bicyclic) bond motifs is 1. The Morgan fingerprint density at radius 2 is 2.00 bits per heavy atom. The largest absolute Gasteiger partial charge is 0.477 e. The van der Waals surface area contributed by atoms with E-state index in [0.29, 0.717) is 16.0 Å². The number of carboxylic acids is 1. The van der Waals surface area contributed by atoms with Crippen LogP contribution in [0.4, 0.5) is 0 Å². The first-order valence-corrected chi connectivity index (χ1v) is 7.29. The number of rotatable bonds is 3. The van der Waals surface area contributed by atoms with E-state index in [0.717, 1.165) is 10.1 Å². The summed E-state index contributed by atoms with van der Waals surface area (Å²) in [5.41, 5.74) is 1.24. The van der Waals surface area contributed by atoms with Crippen molar-refractivity contribution in [3.05, 3.63) is 69.0 Å². The van der Waals surface area contributed by atoms with Gasteiger partial charge in [-0.1, -0.05) is 24.3 Å². The number of aromatic carboxylic acids is 1. The van der Waals surface area contributed by atoms with Crippen molar-refractivity contribution in [3.8, 4) is 0 Å². The number of hydrogen-bond donors (Lipinski definition) is 1. The Bertz CT molecular complexity index is 892. The van der Waals surface area contributed by atoms with Gasteiger partial charge in [0.25, 0.3) is 5.56 Å². The summed E-state index contributed by atoms with van der Waals surface area (Å²) in [7, 11) is 0. The number of carboxylic acid groups (broad SMARTS) is 1. The second-order valence-electron chi connectivity index (χ2n) is 4.84. The summed E-state index contributed by atoms with van der Waals surface area (Å²) in [4.78, 5) is 23.9. The molecule has 2 heterocycles. The van der Waals surface area contributed by atoms with Gasteiger partial charge in [0.1, 0.15) is 4.88 Å². The molecule has 5 heteroatoms. The molecule has 0 aliphatic rings. The molecule has 0 saturated heterocycles. The maximum absolute atomic E-state index is 12.1. The SMILES string of the molecule is Cc1cccn(Cc2c(C(=O)O)sc3ccccc23)c1=O. The Labute approximate surface area is 124 Å².